The molecule has 2 rings (SSSR count). The molecule has 0 aliphatic rings. The zero-order valence-electron chi connectivity index (χ0n) is 12.6. The molecule has 4 nitrogen and oxygen atoms in total. The first-order valence-corrected chi connectivity index (χ1v) is 7.09. The van der Waals surface area contributed by atoms with Gasteiger partial charge in [-0.1, -0.05) is 48.5 Å². The SMILES string of the molecule is CC(C)OC(=O)[C@@H](OC(=O)c1ccccc1)c1ccccc1. The number of carbonyl (C=O) groups excluding carboxylic acids is 2. The Labute approximate surface area is 129 Å². The van der Waals surface area contributed by atoms with Crippen molar-refractivity contribution in [3.8, 4) is 0 Å². The number of hydrogen-bond acceptors (Lipinski definition) is 4. The lowest BCUT2D eigenvalue weighted by Crippen LogP contribution is -2.24. The van der Waals surface area contributed by atoms with E-state index in [9.17, 15) is 9.59 Å². The van der Waals surface area contributed by atoms with Crippen molar-refractivity contribution in [1.29, 1.82) is 0 Å². The van der Waals surface area contributed by atoms with E-state index in [0.717, 1.165) is 0 Å². The summed E-state index contributed by atoms with van der Waals surface area (Å²) in [5.41, 5.74) is 0.971. The van der Waals surface area contributed by atoms with Gasteiger partial charge in [0.2, 0.25) is 6.10 Å². The second kappa shape index (κ2) is 7.41. The van der Waals surface area contributed by atoms with Gasteiger partial charge in [0.15, 0.2) is 0 Å². The zero-order valence-corrected chi connectivity index (χ0v) is 12.6. The van der Waals surface area contributed by atoms with Crippen LogP contribution in [0.4, 0.5) is 0 Å². The lowest BCUT2D eigenvalue weighted by atomic mass is 10.1. The molecule has 0 heterocycles. The number of rotatable bonds is 5. The molecule has 0 amide bonds. The van der Waals surface area contributed by atoms with E-state index in [1.54, 1.807) is 68.4 Å². The van der Waals surface area contributed by atoms with Crippen LogP contribution in [0.5, 0.6) is 0 Å². The van der Waals surface area contributed by atoms with Gasteiger partial charge in [0.05, 0.1) is 11.7 Å². The van der Waals surface area contributed by atoms with E-state index in [2.05, 4.69) is 0 Å². The normalized spacial score (nSPS) is 11.8. The largest absolute Gasteiger partial charge is 0.460 e. The van der Waals surface area contributed by atoms with Crippen molar-refractivity contribution < 1.29 is 19.1 Å². The Morgan fingerprint density at radius 3 is 1.91 bits per heavy atom. The minimum atomic E-state index is -1.07. The second-order valence-corrected chi connectivity index (χ2v) is 5.05. The lowest BCUT2D eigenvalue weighted by Gasteiger charge is -2.18. The van der Waals surface area contributed by atoms with Crippen molar-refractivity contribution in [2.75, 3.05) is 0 Å². The van der Waals surface area contributed by atoms with Crippen LogP contribution in [-0.4, -0.2) is 18.0 Å². The molecule has 0 aliphatic carbocycles. The zero-order chi connectivity index (χ0) is 15.9. The molecule has 0 unspecified atom stereocenters. The van der Waals surface area contributed by atoms with Gasteiger partial charge in [-0.15, -0.1) is 0 Å². The van der Waals surface area contributed by atoms with Crippen LogP contribution in [-0.2, 0) is 14.3 Å². The summed E-state index contributed by atoms with van der Waals surface area (Å²) in [4.78, 5) is 24.4. The molecule has 0 saturated carbocycles. The van der Waals surface area contributed by atoms with Crippen molar-refractivity contribution in [2.24, 2.45) is 0 Å². The fourth-order valence-corrected chi connectivity index (χ4v) is 1.92. The summed E-state index contributed by atoms with van der Waals surface area (Å²) in [7, 11) is 0. The number of benzene rings is 2. The molecular formula is C18H18O4. The van der Waals surface area contributed by atoms with Gasteiger partial charge in [0, 0.05) is 5.56 Å². The van der Waals surface area contributed by atoms with E-state index in [0.29, 0.717) is 11.1 Å². The summed E-state index contributed by atoms with van der Waals surface area (Å²) in [5.74, 6) is -1.14. The quantitative estimate of drug-likeness (QED) is 0.792. The van der Waals surface area contributed by atoms with Crippen molar-refractivity contribution in [3.05, 3.63) is 71.8 Å². The summed E-state index contributed by atoms with van der Waals surface area (Å²) in [5, 5.41) is 0. The predicted molar refractivity (Wildman–Crippen MR) is 82.3 cm³/mol. The van der Waals surface area contributed by atoms with E-state index >= 15 is 0 Å². The topological polar surface area (TPSA) is 52.6 Å². The molecule has 0 bridgehead atoms. The molecule has 0 radical (unpaired) electrons. The maximum atomic E-state index is 12.2. The molecule has 0 spiro atoms. The van der Waals surface area contributed by atoms with Crippen molar-refractivity contribution in [2.45, 2.75) is 26.1 Å². The molecule has 0 saturated heterocycles. The highest BCUT2D eigenvalue weighted by Gasteiger charge is 2.27. The number of ether oxygens (including phenoxy) is 2. The third-order valence-electron chi connectivity index (χ3n) is 2.90. The molecule has 0 aromatic heterocycles. The van der Waals surface area contributed by atoms with E-state index in [1.165, 1.54) is 0 Å². The van der Waals surface area contributed by atoms with Gasteiger partial charge >= 0.3 is 11.9 Å². The first-order chi connectivity index (χ1) is 10.6. The van der Waals surface area contributed by atoms with Crippen LogP contribution in [0.2, 0.25) is 0 Å². The Bertz CT molecular complexity index is 620. The Hall–Kier alpha value is -2.62. The Morgan fingerprint density at radius 2 is 1.36 bits per heavy atom. The van der Waals surface area contributed by atoms with Crippen LogP contribution in [0.3, 0.4) is 0 Å². The van der Waals surface area contributed by atoms with Crippen LogP contribution in [0.25, 0.3) is 0 Å². The van der Waals surface area contributed by atoms with Gasteiger partial charge in [0.1, 0.15) is 0 Å². The molecule has 0 aliphatic heterocycles. The first-order valence-electron chi connectivity index (χ1n) is 7.09. The summed E-state index contributed by atoms with van der Waals surface area (Å²) in [6.07, 6.45) is -1.36. The first kappa shape index (κ1) is 15.8. The average Bonchev–Trinajstić information content (AvgIpc) is 2.53. The standard InChI is InChI=1S/C18H18O4/c1-13(2)21-18(20)16(14-9-5-3-6-10-14)22-17(19)15-11-7-4-8-12-15/h3-13,16H,1-2H3/t16-/m0/s1. The van der Waals surface area contributed by atoms with Crippen molar-refractivity contribution >= 4 is 11.9 Å². The Kier molecular flexibility index (Phi) is 5.31. The van der Waals surface area contributed by atoms with Crippen LogP contribution in [0, 0.1) is 0 Å². The molecule has 2 aromatic carbocycles. The third-order valence-corrected chi connectivity index (χ3v) is 2.90. The van der Waals surface area contributed by atoms with Gasteiger partial charge in [-0.2, -0.15) is 0 Å². The smallest absolute Gasteiger partial charge is 0.352 e. The molecule has 4 heteroatoms. The highest BCUT2D eigenvalue weighted by molar-refractivity contribution is 5.91. The van der Waals surface area contributed by atoms with E-state index in [-0.39, 0.29) is 6.10 Å². The van der Waals surface area contributed by atoms with E-state index in [1.807, 2.05) is 6.07 Å². The summed E-state index contributed by atoms with van der Waals surface area (Å²) < 4.78 is 10.6. The number of esters is 2. The van der Waals surface area contributed by atoms with Gasteiger partial charge in [-0.25, -0.2) is 9.59 Å². The summed E-state index contributed by atoms with van der Waals surface area (Å²) in [6, 6.07) is 17.4. The maximum absolute atomic E-state index is 12.2. The van der Waals surface area contributed by atoms with Gasteiger partial charge in [-0.05, 0) is 26.0 Å². The van der Waals surface area contributed by atoms with Crippen LogP contribution in [0.15, 0.2) is 60.7 Å². The second-order valence-electron chi connectivity index (χ2n) is 5.05. The molecular weight excluding hydrogens is 280 g/mol. The highest BCUT2D eigenvalue weighted by atomic mass is 16.6. The molecule has 0 N–H and O–H groups in total. The molecule has 22 heavy (non-hydrogen) atoms. The Balaban J connectivity index is 2.21. The van der Waals surface area contributed by atoms with Crippen molar-refractivity contribution in [1.82, 2.24) is 0 Å². The van der Waals surface area contributed by atoms with Crippen LogP contribution >= 0.6 is 0 Å². The van der Waals surface area contributed by atoms with Crippen LogP contribution in [0.1, 0.15) is 35.9 Å². The fourth-order valence-electron chi connectivity index (χ4n) is 1.92. The van der Waals surface area contributed by atoms with Crippen LogP contribution < -0.4 is 0 Å². The number of carbonyl (C=O) groups is 2. The lowest BCUT2D eigenvalue weighted by molar-refractivity contribution is -0.158. The summed E-state index contributed by atoms with van der Waals surface area (Å²) in [6.45, 7) is 3.50. The molecule has 2 aromatic rings. The van der Waals surface area contributed by atoms with Crippen molar-refractivity contribution in [3.63, 3.8) is 0 Å². The molecule has 1 atom stereocenters. The monoisotopic (exact) mass is 298 g/mol. The molecule has 114 valence electrons. The van der Waals surface area contributed by atoms with Gasteiger partial charge in [-0.3, -0.25) is 0 Å². The van der Waals surface area contributed by atoms with E-state index in [4.69, 9.17) is 9.47 Å². The van der Waals surface area contributed by atoms with Gasteiger partial charge < -0.3 is 9.47 Å². The fraction of sp³-hybridized carbons (Fsp3) is 0.222. The predicted octanol–water partition coefficient (Wildman–Crippen LogP) is 3.54. The number of hydrogen-bond donors (Lipinski definition) is 0. The summed E-state index contributed by atoms with van der Waals surface area (Å²) >= 11 is 0. The van der Waals surface area contributed by atoms with E-state index < -0.39 is 18.0 Å². The average molecular weight is 298 g/mol. The molecule has 0 fully saturated rings. The minimum absolute atomic E-state index is 0.283. The maximum Gasteiger partial charge on any atom is 0.352 e. The highest BCUT2D eigenvalue weighted by Crippen LogP contribution is 2.21. The van der Waals surface area contributed by atoms with Gasteiger partial charge in [0.25, 0.3) is 0 Å². The third kappa shape index (κ3) is 4.19. The minimum Gasteiger partial charge on any atom is -0.460 e. The Morgan fingerprint density at radius 1 is 0.818 bits per heavy atom.